The van der Waals surface area contributed by atoms with E-state index in [0.717, 1.165) is 13.1 Å². The van der Waals surface area contributed by atoms with Crippen molar-refractivity contribution in [2.75, 3.05) is 33.8 Å². The Hall–Kier alpha value is -0.630. The van der Waals surface area contributed by atoms with Crippen molar-refractivity contribution < 1.29 is 5.11 Å². The fourth-order valence-electron chi connectivity index (χ4n) is 0.613. The molecule has 0 aromatic carbocycles. The largest absolute Gasteiger partial charge is 0.394 e. The predicted octanol–water partition coefficient (Wildman–Crippen LogP) is -0.978. The smallest absolute Gasteiger partial charge is 0.119 e. The Morgan fingerprint density at radius 2 is 2.27 bits per heavy atom. The monoisotopic (exact) mass is 157 g/mol. The molecule has 11 heavy (non-hydrogen) atoms. The maximum atomic E-state index is 8.59. The molecule has 0 amide bonds. The minimum Gasteiger partial charge on any atom is -0.394 e. The molecule has 64 valence electrons. The Labute approximate surface area is 67.4 Å². The summed E-state index contributed by atoms with van der Waals surface area (Å²) in [6.07, 6.45) is 0. The van der Waals surface area contributed by atoms with Gasteiger partial charge in [0.25, 0.3) is 0 Å². The average molecular weight is 157 g/mol. The van der Waals surface area contributed by atoms with Crippen LogP contribution in [0, 0.1) is 11.3 Å². The molecule has 2 N–H and O–H groups in total. The quantitative estimate of drug-likeness (QED) is 0.538. The van der Waals surface area contributed by atoms with E-state index in [2.05, 4.69) is 5.32 Å². The highest BCUT2D eigenvalue weighted by atomic mass is 16.3. The molecule has 4 heteroatoms. The first kappa shape index (κ1) is 10.4. The van der Waals surface area contributed by atoms with Crippen molar-refractivity contribution in [3.05, 3.63) is 0 Å². The lowest BCUT2D eigenvalue weighted by atomic mass is 10.3. The number of nitrogens with zero attached hydrogens (tertiary/aromatic N) is 2. The predicted molar refractivity (Wildman–Crippen MR) is 43.0 cm³/mol. The van der Waals surface area contributed by atoms with Gasteiger partial charge in [-0.1, -0.05) is 0 Å². The normalized spacial score (nSPS) is 13.0. The molecule has 0 aliphatic rings. The van der Waals surface area contributed by atoms with E-state index in [4.69, 9.17) is 10.4 Å². The molecule has 0 heterocycles. The molecule has 0 bridgehead atoms. The van der Waals surface area contributed by atoms with Crippen LogP contribution in [0.1, 0.15) is 0 Å². The van der Waals surface area contributed by atoms with Crippen LogP contribution in [0.15, 0.2) is 0 Å². The van der Waals surface area contributed by atoms with Crippen molar-refractivity contribution in [1.29, 1.82) is 5.26 Å². The number of aliphatic hydroxyl groups excluding tert-OH is 1. The first-order valence-corrected chi connectivity index (χ1v) is 3.59. The third-order valence-electron chi connectivity index (χ3n) is 1.29. The average Bonchev–Trinajstić information content (AvgIpc) is 1.98. The molecule has 0 aliphatic carbocycles. The van der Waals surface area contributed by atoms with Crippen molar-refractivity contribution in [3.63, 3.8) is 0 Å². The number of nitriles is 1. The Kier molecular flexibility index (Phi) is 5.75. The fourth-order valence-corrected chi connectivity index (χ4v) is 0.613. The maximum absolute atomic E-state index is 8.59. The molecule has 0 saturated carbocycles. The van der Waals surface area contributed by atoms with Gasteiger partial charge in [0.15, 0.2) is 0 Å². The highest BCUT2D eigenvalue weighted by molar-refractivity contribution is 4.88. The summed E-state index contributed by atoms with van der Waals surface area (Å²) in [6, 6.07) is 1.52. The van der Waals surface area contributed by atoms with E-state index in [1.807, 2.05) is 25.1 Å². The second-order valence-corrected chi connectivity index (χ2v) is 2.62. The minimum absolute atomic E-state index is 0.121. The molecular formula is C7H15N3O. The highest BCUT2D eigenvalue weighted by Gasteiger charge is 2.02. The van der Waals surface area contributed by atoms with Gasteiger partial charge in [0.1, 0.15) is 6.04 Å². The third-order valence-corrected chi connectivity index (χ3v) is 1.29. The van der Waals surface area contributed by atoms with Crippen molar-refractivity contribution in [3.8, 4) is 6.07 Å². The van der Waals surface area contributed by atoms with E-state index in [1.165, 1.54) is 0 Å². The topological polar surface area (TPSA) is 59.3 Å². The van der Waals surface area contributed by atoms with Crippen LogP contribution in [-0.4, -0.2) is 49.8 Å². The van der Waals surface area contributed by atoms with E-state index in [1.54, 1.807) is 0 Å². The van der Waals surface area contributed by atoms with Gasteiger partial charge in [-0.05, 0) is 14.1 Å². The van der Waals surface area contributed by atoms with Crippen LogP contribution >= 0.6 is 0 Å². The summed E-state index contributed by atoms with van der Waals surface area (Å²) in [4.78, 5) is 2.01. The van der Waals surface area contributed by atoms with Crippen molar-refractivity contribution in [2.45, 2.75) is 6.04 Å². The number of hydrogen-bond acceptors (Lipinski definition) is 4. The second-order valence-electron chi connectivity index (χ2n) is 2.62. The van der Waals surface area contributed by atoms with Crippen molar-refractivity contribution in [2.24, 2.45) is 0 Å². The van der Waals surface area contributed by atoms with E-state index in [-0.39, 0.29) is 6.61 Å². The van der Waals surface area contributed by atoms with E-state index >= 15 is 0 Å². The molecule has 4 nitrogen and oxygen atoms in total. The molecule has 1 atom stereocenters. The number of aliphatic hydroxyl groups is 1. The van der Waals surface area contributed by atoms with Crippen molar-refractivity contribution in [1.82, 2.24) is 10.2 Å². The van der Waals surface area contributed by atoms with Crippen LogP contribution in [-0.2, 0) is 0 Å². The third kappa shape index (κ3) is 5.80. The summed E-state index contributed by atoms with van der Waals surface area (Å²) in [5.41, 5.74) is 0. The van der Waals surface area contributed by atoms with Crippen LogP contribution in [0.2, 0.25) is 0 Å². The molecule has 0 aliphatic heterocycles. The zero-order valence-electron chi connectivity index (χ0n) is 7.04. The number of hydrogen-bond donors (Lipinski definition) is 2. The standard InChI is InChI=1S/C7H15N3O/c1-10(2)4-3-9-7(5-8)6-11/h7,9,11H,3-4,6H2,1-2H3. The van der Waals surface area contributed by atoms with Crippen LogP contribution in [0.25, 0.3) is 0 Å². The zero-order chi connectivity index (χ0) is 8.69. The molecule has 0 aromatic heterocycles. The first-order valence-electron chi connectivity index (χ1n) is 3.59. The molecule has 0 spiro atoms. The lowest BCUT2D eigenvalue weighted by Gasteiger charge is -2.12. The summed E-state index contributed by atoms with van der Waals surface area (Å²) < 4.78 is 0. The van der Waals surface area contributed by atoms with Crippen LogP contribution in [0.3, 0.4) is 0 Å². The highest BCUT2D eigenvalue weighted by Crippen LogP contribution is 1.78. The van der Waals surface area contributed by atoms with E-state index in [9.17, 15) is 0 Å². The molecule has 1 unspecified atom stereocenters. The Morgan fingerprint density at radius 1 is 1.64 bits per heavy atom. The molecule has 0 aromatic rings. The molecule has 0 radical (unpaired) electrons. The van der Waals surface area contributed by atoms with Gasteiger partial charge in [0, 0.05) is 13.1 Å². The number of rotatable bonds is 5. The Bertz CT molecular complexity index is 130. The minimum atomic E-state index is -0.421. The van der Waals surface area contributed by atoms with E-state index in [0.29, 0.717) is 0 Å². The van der Waals surface area contributed by atoms with Gasteiger partial charge >= 0.3 is 0 Å². The van der Waals surface area contributed by atoms with Gasteiger partial charge in [-0.15, -0.1) is 0 Å². The van der Waals surface area contributed by atoms with Crippen LogP contribution < -0.4 is 5.32 Å². The van der Waals surface area contributed by atoms with E-state index < -0.39 is 6.04 Å². The fraction of sp³-hybridized carbons (Fsp3) is 0.857. The Morgan fingerprint density at radius 3 is 2.64 bits per heavy atom. The zero-order valence-corrected chi connectivity index (χ0v) is 7.04. The van der Waals surface area contributed by atoms with Gasteiger partial charge in [-0.3, -0.25) is 5.32 Å². The molecule has 0 saturated heterocycles. The SMILES string of the molecule is CN(C)CCNC(C#N)CO. The lowest BCUT2D eigenvalue weighted by Crippen LogP contribution is -2.36. The van der Waals surface area contributed by atoms with Gasteiger partial charge in [0.2, 0.25) is 0 Å². The summed E-state index contributed by atoms with van der Waals surface area (Å²) in [5, 5.41) is 19.9. The lowest BCUT2D eigenvalue weighted by molar-refractivity contribution is 0.263. The maximum Gasteiger partial charge on any atom is 0.119 e. The number of nitrogens with one attached hydrogen (secondary N) is 1. The second kappa shape index (κ2) is 6.10. The molecule has 0 rings (SSSR count). The van der Waals surface area contributed by atoms with Crippen LogP contribution in [0.4, 0.5) is 0 Å². The summed E-state index contributed by atoms with van der Waals surface area (Å²) in [7, 11) is 3.92. The summed E-state index contributed by atoms with van der Waals surface area (Å²) >= 11 is 0. The first-order chi connectivity index (χ1) is 5.20. The van der Waals surface area contributed by atoms with Crippen LogP contribution in [0.5, 0.6) is 0 Å². The Balaban J connectivity index is 3.30. The van der Waals surface area contributed by atoms with Gasteiger partial charge in [-0.25, -0.2) is 0 Å². The molecular weight excluding hydrogens is 142 g/mol. The summed E-state index contributed by atoms with van der Waals surface area (Å²) in [6.45, 7) is 1.48. The van der Waals surface area contributed by atoms with Gasteiger partial charge in [0.05, 0.1) is 12.7 Å². The van der Waals surface area contributed by atoms with Gasteiger partial charge < -0.3 is 10.0 Å². The summed E-state index contributed by atoms with van der Waals surface area (Å²) in [5.74, 6) is 0. The van der Waals surface area contributed by atoms with Gasteiger partial charge in [-0.2, -0.15) is 5.26 Å². The molecule has 0 fully saturated rings. The number of likely N-dealkylation sites (N-methyl/N-ethyl adjacent to an activating group) is 1. The van der Waals surface area contributed by atoms with Crippen molar-refractivity contribution >= 4 is 0 Å².